The monoisotopic (exact) mass is 327 g/mol. The summed E-state index contributed by atoms with van der Waals surface area (Å²) in [6.07, 6.45) is 5.93. The molecule has 0 unspecified atom stereocenters. The Labute approximate surface area is 142 Å². The highest BCUT2D eigenvalue weighted by atomic mass is 16.1. The molecule has 1 fully saturated rings. The molecule has 0 bridgehead atoms. The average molecular weight is 327 g/mol. The number of pyridine rings is 1. The number of nitrogens with one attached hydrogen (secondary N) is 1. The Hall–Kier alpha value is -2.37. The van der Waals surface area contributed by atoms with Crippen molar-refractivity contribution in [3.05, 3.63) is 41.5 Å². The van der Waals surface area contributed by atoms with E-state index in [0.29, 0.717) is 18.0 Å². The van der Waals surface area contributed by atoms with E-state index in [1.165, 1.54) is 5.69 Å². The Morgan fingerprint density at radius 3 is 2.96 bits per heavy atom. The molecule has 1 aliphatic heterocycles. The molecule has 0 saturated carbocycles. The first kappa shape index (κ1) is 16.5. The number of carbonyl (C=O) groups is 1. The number of piperidine rings is 1. The van der Waals surface area contributed by atoms with Gasteiger partial charge in [0, 0.05) is 50.5 Å². The predicted molar refractivity (Wildman–Crippen MR) is 94.2 cm³/mol. The molecule has 6 nitrogen and oxygen atoms in total. The Morgan fingerprint density at radius 1 is 1.42 bits per heavy atom. The van der Waals surface area contributed by atoms with Crippen LogP contribution in [0.4, 0.5) is 5.69 Å². The van der Waals surface area contributed by atoms with Gasteiger partial charge >= 0.3 is 0 Å². The Kier molecular flexibility index (Phi) is 4.83. The van der Waals surface area contributed by atoms with E-state index in [2.05, 4.69) is 32.4 Å². The van der Waals surface area contributed by atoms with Crippen molar-refractivity contribution in [2.45, 2.75) is 26.7 Å². The van der Waals surface area contributed by atoms with Crippen LogP contribution in [0.2, 0.25) is 0 Å². The summed E-state index contributed by atoms with van der Waals surface area (Å²) in [6, 6.07) is 4.19. The second kappa shape index (κ2) is 7.03. The van der Waals surface area contributed by atoms with Crippen LogP contribution in [0.5, 0.6) is 0 Å². The first-order chi connectivity index (χ1) is 11.5. The smallest absolute Gasteiger partial charge is 0.254 e. The third kappa shape index (κ3) is 3.75. The molecule has 6 heteroatoms. The summed E-state index contributed by atoms with van der Waals surface area (Å²) >= 11 is 0. The first-order valence-electron chi connectivity index (χ1n) is 8.49. The number of rotatable bonds is 4. The van der Waals surface area contributed by atoms with Crippen molar-refractivity contribution in [2.24, 2.45) is 13.0 Å². The molecule has 0 spiro atoms. The van der Waals surface area contributed by atoms with E-state index in [1.807, 2.05) is 27.1 Å². The van der Waals surface area contributed by atoms with Crippen LogP contribution in [0, 0.1) is 19.8 Å². The maximum Gasteiger partial charge on any atom is 0.254 e. The predicted octanol–water partition coefficient (Wildman–Crippen LogP) is 2.08. The van der Waals surface area contributed by atoms with Gasteiger partial charge in [-0.1, -0.05) is 0 Å². The number of hydrogen-bond acceptors (Lipinski definition) is 4. The fourth-order valence-electron chi connectivity index (χ4n) is 3.35. The minimum atomic E-state index is -0.0301. The quantitative estimate of drug-likeness (QED) is 0.934. The van der Waals surface area contributed by atoms with E-state index < -0.39 is 0 Å². The summed E-state index contributed by atoms with van der Waals surface area (Å²) in [7, 11) is 1.83. The number of hydrogen-bond donors (Lipinski definition) is 1. The van der Waals surface area contributed by atoms with Gasteiger partial charge in [-0.3, -0.25) is 14.5 Å². The van der Waals surface area contributed by atoms with E-state index in [-0.39, 0.29) is 5.91 Å². The minimum absolute atomic E-state index is 0.0301. The van der Waals surface area contributed by atoms with Crippen LogP contribution in [-0.2, 0) is 7.05 Å². The molecule has 128 valence electrons. The van der Waals surface area contributed by atoms with Gasteiger partial charge in [-0.15, -0.1) is 0 Å². The number of carbonyl (C=O) groups excluding carboxylic acids is 1. The van der Waals surface area contributed by atoms with Gasteiger partial charge in [0.1, 0.15) is 0 Å². The van der Waals surface area contributed by atoms with Crippen molar-refractivity contribution in [1.82, 2.24) is 20.1 Å². The summed E-state index contributed by atoms with van der Waals surface area (Å²) in [5.41, 5.74) is 3.69. The molecule has 24 heavy (non-hydrogen) atoms. The third-order valence-corrected chi connectivity index (χ3v) is 4.57. The molecule has 3 rings (SSSR count). The highest BCUT2D eigenvalue weighted by molar-refractivity contribution is 5.94. The second-order valence-electron chi connectivity index (χ2n) is 6.62. The summed E-state index contributed by atoms with van der Waals surface area (Å²) in [5.74, 6) is 0.436. The zero-order valence-corrected chi connectivity index (χ0v) is 14.6. The van der Waals surface area contributed by atoms with Crippen molar-refractivity contribution < 1.29 is 4.79 Å². The van der Waals surface area contributed by atoms with Crippen LogP contribution in [0.3, 0.4) is 0 Å². The standard InChI is InChI=1S/C18H25N5O/c1-13-9-16(6-7-19-13)23-8-4-5-15(11-23)10-20-18(24)17-12-22(3)21-14(17)2/h6-7,9,12,15H,4-5,8,10-11H2,1-3H3,(H,20,24)/t15-/m1/s1. The lowest BCUT2D eigenvalue weighted by Gasteiger charge is -2.34. The van der Waals surface area contributed by atoms with E-state index in [1.54, 1.807) is 10.9 Å². The largest absolute Gasteiger partial charge is 0.371 e. The lowest BCUT2D eigenvalue weighted by Crippen LogP contribution is -2.41. The molecule has 1 amide bonds. The minimum Gasteiger partial charge on any atom is -0.371 e. The Balaban J connectivity index is 1.58. The Bertz CT molecular complexity index is 724. The van der Waals surface area contributed by atoms with Crippen LogP contribution >= 0.6 is 0 Å². The molecule has 0 aromatic carbocycles. The van der Waals surface area contributed by atoms with Crippen molar-refractivity contribution >= 4 is 11.6 Å². The van der Waals surface area contributed by atoms with Crippen molar-refractivity contribution in [2.75, 3.05) is 24.5 Å². The second-order valence-corrected chi connectivity index (χ2v) is 6.62. The maximum absolute atomic E-state index is 12.3. The van der Waals surface area contributed by atoms with E-state index in [9.17, 15) is 4.79 Å². The van der Waals surface area contributed by atoms with E-state index in [0.717, 1.165) is 37.3 Å². The van der Waals surface area contributed by atoms with Crippen LogP contribution in [-0.4, -0.2) is 40.3 Å². The van der Waals surface area contributed by atoms with Crippen molar-refractivity contribution in [3.8, 4) is 0 Å². The number of aryl methyl sites for hydroxylation is 3. The average Bonchev–Trinajstić information content (AvgIpc) is 2.91. The van der Waals surface area contributed by atoms with E-state index >= 15 is 0 Å². The molecule has 3 heterocycles. The topological polar surface area (TPSA) is 63.1 Å². The molecule has 2 aromatic heterocycles. The van der Waals surface area contributed by atoms with Crippen LogP contribution in [0.25, 0.3) is 0 Å². The normalized spacial score (nSPS) is 17.8. The van der Waals surface area contributed by atoms with Crippen LogP contribution in [0.1, 0.15) is 34.6 Å². The van der Waals surface area contributed by atoms with Gasteiger partial charge in [0.25, 0.3) is 5.91 Å². The summed E-state index contributed by atoms with van der Waals surface area (Å²) in [5, 5.41) is 7.30. The molecular weight excluding hydrogens is 302 g/mol. The highest BCUT2D eigenvalue weighted by Crippen LogP contribution is 2.23. The van der Waals surface area contributed by atoms with Gasteiger partial charge in [-0.25, -0.2) is 0 Å². The van der Waals surface area contributed by atoms with Gasteiger partial charge < -0.3 is 10.2 Å². The molecule has 2 aromatic rings. The van der Waals surface area contributed by atoms with Crippen LogP contribution in [0.15, 0.2) is 24.5 Å². The fraction of sp³-hybridized carbons (Fsp3) is 0.500. The molecule has 1 N–H and O–H groups in total. The van der Waals surface area contributed by atoms with Crippen molar-refractivity contribution in [3.63, 3.8) is 0 Å². The molecule has 0 aliphatic carbocycles. The van der Waals surface area contributed by atoms with Gasteiger partial charge in [-0.2, -0.15) is 5.10 Å². The number of aromatic nitrogens is 3. The van der Waals surface area contributed by atoms with E-state index in [4.69, 9.17) is 0 Å². The summed E-state index contributed by atoms with van der Waals surface area (Å²) < 4.78 is 1.68. The van der Waals surface area contributed by atoms with Gasteiger partial charge in [0.15, 0.2) is 0 Å². The molecule has 0 radical (unpaired) electrons. The molecular formula is C18H25N5O. The molecule has 1 saturated heterocycles. The molecule has 1 aliphatic rings. The Morgan fingerprint density at radius 2 is 2.25 bits per heavy atom. The highest BCUT2D eigenvalue weighted by Gasteiger charge is 2.21. The van der Waals surface area contributed by atoms with Gasteiger partial charge in [0.05, 0.1) is 11.3 Å². The fourth-order valence-corrected chi connectivity index (χ4v) is 3.35. The van der Waals surface area contributed by atoms with Crippen molar-refractivity contribution in [1.29, 1.82) is 0 Å². The van der Waals surface area contributed by atoms with Crippen LogP contribution < -0.4 is 10.2 Å². The zero-order chi connectivity index (χ0) is 17.1. The lowest BCUT2D eigenvalue weighted by molar-refractivity contribution is 0.0945. The number of nitrogens with zero attached hydrogens (tertiary/aromatic N) is 4. The van der Waals surface area contributed by atoms with Gasteiger partial charge in [-0.05, 0) is 44.7 Å². The first-order valence-corrected chi connectivity index (χ1v) is 8.49. The number of anilines is 1. The number of amides is 1. The zero-order valence-electron chi connectivity index (χ0n) is 14.6. The molecule has 1 atom stereocenters. The summed E-state index contributed by atoms with van der Waals surface area (Å²) in [4.78, 5) is 19.0. The summed E-state index contributed by atoms with van der Waals surface area (Å²) in [6.45, 7) is 6.61. The third-order valence-electron chi connectivity index (χ3n) is 4.57. The lowest BCUT2D eigenvalue weighted by atomic mass is 9.97. The maximum atomic E-state index is 12.3. The van der Waals surface area contributed by atoms with Gasteiger partial charge in [0.2, 0.25) is 0 Å². The SMILES string of the molecule is Cc1cc(N2CCC[C@H](CNC(=O)c3cn(C)nc3C)C2)ccn1.